The van der Waals surface area contributed by atoms with Gasteiger partial charge in [0.1, 0.15) is 5.75 Å². The van der Waals surface area contributed by atoms with Crippen molar-refractivity contribution in [3.63, 3.8) is 0 Å². The Morgan fingerprint density at radius 2 is 1.92 bits per heavy atom. The molecule has 0 fully saturated rings. The van der Waals surface area contributed by atoms with Crippen molar-refractivity contribution >= 4 is 35.2 Å². The monoisotopic (exact) mass is 358 g/mol. The lowest BCUT2D eigenvalue weighted by Gasteiger charge is -2.06. The fourth-order valence-corrected chi connectivity index (χ4v) is 2.23. The van der Waals surface area contributed by atoms with Crippen LogP contribution in [-0.4, -0.2) is 25.5 Å². The normalized spacial score (nSPS) is 10.5. The van der Waals surface area contributed by atoms with Gasteiger partial charge in [0.25, 0.3) is 0 Å². The summed E-state index contributed by atoms with van der Waals surface area (Å²) in [4.78, 5) is 23.6. The summed E-state index contributed by atoms with van der Waals surface area (Å²) in [5.41, 5.74) is 1.51. The lowest BCUT2D eigenvalue weighted by atomic mass is 10.2. The smallest absolute Gasteiger partial charge is 0.244 e. The quantitative estimate of drug-likeness (QED) is 0.744. The molecule has 0 atom stereocenters. The molecule has 6 heteroatoms. The minimum atomic E-state index is -0.258. The molecule has 0 aliphatic carbocycles. The average molecular weight is 359 g/mol. The van der Waals surface area contributed by atoms with Crippen LogP contribution in [0.15, 0.2) is 54.6 Å². The number of hydrogen-bond acceptors (Lipinski definition) is 3. The maximum Gasteiger partial charge on any atom is 0.244 e. The summed E-state index contributed by atoms with van der Waals surface area (Å²) >= 11 is 5.85. The number of methoxy groups -OCH3 is 1. The second-order valence-corrected chi connectivity index (χ2v) is 5.64. The molecule has 0 saturated carbocycles. The highest BCUT2D eigenvalue weighted by atomic mass is 35.5. The minimum absolute atomic E-state index is 0.175. The molecule has 5 nitrogen and oxygen atoms in total. The van der Waals surface area contributed by atoms with E-state index in [2.05, 4.69) is 10.6 Å². The number of carbonyl (C=O) groups excluding carboxylic acids is 2. The number of nitrogens with one attached hydrogen (secondary N) is 2. The van der Waals surface area contributed by atoms with Gasteiger partial charge in [-0.05, 0) is 42.0 Å². The summed E-state index contributed by atoms with van der Waals surface area (Å²) in [6.45, 7) is 0.248. The van der Waals surface area contributed by atoms with Crippen LogP contribution in [0.1, 0.15) is 12.0 Å². The minimum Gasteiger partial charge on any atom is -0.497 e. The zero-order chi connectivity index (χ0) is 18.1. The van der Waals surface area contributed by atoms with Crippen molar-refractivity contribution in [2.24, 2.45) is 0 Å². The van der Waals surface area contributed by atoms with Gasteiger partial charge in [-0.2, -0.15) is 0 Å². The Bertz CT molecular complexity index is 758. The molecule has 2 amide bonds. The summed E-state index contributed by atoms with van der Waals surface area (Å²) < 4.78 is 5.07. The van der Waals surface area contributed by atoms with Gasteiger partial charge in [0.05, 0.1) is 7.11 Å². The van der Waals surface area contributed by atoms with Crippen LogP contribution in [0.3, 0.4) is 0 Å². The van der Waals surface area contributed by atoms with Gasteiger partial charge in [0.15, 0.2) is 0 Å². The summed E-state index contributed by atoms with van der Waals surface area (Å²) in [5.74, 6) is 0.306. The van der Waals surface area contributed by atoms with Crippen molar-refractivity contribution in [1.82, 2.24) is 5.32 Å². The molecule has 2 aromatic rings. The molecular formula is C19H19ClN2O3. The lowest BCUT2D eigenvalue weighted by Crippen LogP contribution is -2.26. The molecule has 0 bridgehead atoms. The van der Waals surface area contributed by atoms with E-state index in [0.29, 0.717) is 10.7 Å². The molecule has 0 saturated heterocycles. The highest BCUT2D eigenvalue weighted by molar-refractivity contribution is 6.30. The number of hydrogen-bond donors (Lipinski definition) is 2. The van der Waals surface area contributed by atoms with Crippen LogP contribution in [0.2, 0.25) is 5.02 Å². The molecule has 0 heterocycles. The SMILES string of the molecule is COc1ccc(/C=C/C(=O)NCCC(=O)Nc2cccc(Cl)c2)cc1. The van der Waals surface area contributed by atoms with Gasteiger partial charge in [-0.25, -0.2) is 0 Å². The highest BCUT2D eigenvalue weighted by Crippen LogP contribution is 2.15. The van der Waals surface area contributed by atoms with E-state index in [-0.39, 0.29) is 24.8 Å². The standard InChI is InChI=1S/C19H19ClN2O3/c1-25-17-8-5-14(6-9-17)7-10-18(23)21-12-11-19(24)22-16-4-2-3-15(20)13-16/h2-10,13H,11-12H2,1H3,(H,21,23)(H,22,24)/b10-7+. The molecule has 0 radical (unpaired) electrons. The van der Waals surface area contributed by atoms with Crippen LogP contribution in [-0.2, 0) is 9.59 Å². The molecule has 130 valence electrons. The first-order chi connectivity index (χ1) is 12.1. The first-order valence-corrected chi connectivity index (χ1v) is 8.10. The molecule has 25 heavy (non-hydrogen) atoms. The van der Waals surface area contributed by atoms with Gasteiger partial charge in [-0.3, -0.25) is 9.59 Å². The third-order valence-electron chi connectivity index (χ3n) is 3.30. The Labute approximate surface area is 151 Å². The van der Waals surface area contributed by atoms with E-state index in [0.717, 1.165) is 11.3 Å². The van der Waals surface area contributed by atoms with Crippen LogP contribution < -0.4 is 15.4 Å². The van der Waals surface area contributed by atoms with E-state index in [4.69, 9.17) is 16.3 Å². The third-order valence-corrected chi connectivity index (χ3v) is 3.54. The zero-order valence-corrected chi connectivity index (χ0v) is 14.5. The van der Waals surface area contributed by atoms with Crippen molar-refractivity contribution in [2.75, 3.05) is 19.0 Å². The van der Waals surface area contributed by atoms with E-state index in [9.17, 15) is 9.59 Å². The third kappa shape index (κ3) is 6.69. The Morgan fingerprint density at radius 1 is 1.16 bits per heavy atom. The predicted octanol–water partition coefficient (Wildman–Crippen LogP) is 3.51. The van der Waals surface area contributed by atoms with Crippen LogP contribution >= 0.6 is 11.6 Å². The molecule has 2 N–H and O–H groups in total. The largest absolute Gasteiger partial charge is 0.497 e. The van der Waals surface area contributed by atoms with Gasteiger partial charge in [0, 0.05) is 29.8 Å². The first kappa shape index (κ1) is 18.5. The van der Waals surface area contributed by atoms with Crippen molar-refractivity contribution in [3.8, 4) is 5.75 Å². The summed E-state index contributed by atoms with van der Waals surface area (Å²) in [6, 6.07) is 14.2. The van der Waals surface area contributed by atoms with Gasteiger partial charge in [0.2, 0.25) is 11.8 Å². The first-order valence-electron chi connectivity index (χ1n) is 7.72. The Balaban J connectivity index is 1.72. The molecule has 0 unspecified atom stereocenters. The number of benzene rings is 2. The topological polar surface area (TPSA) is 67.4 Å². The van der Waals surface area contributed by atoms with E-state index in [1.54, 1.807) is 37.5 Å². The van der Waals surface area contributed by atoms with E-state index < -0.39 is 0 Å². The highest BCUT2D eigenvalue weighted by Gasteiger charge is 2.03. The zero-order valence-electron chi connectivity index (χ0n) is 13.8. The van der Waals surface area contributed by atoms with Crippen molar-refractivity contribution in [3.05, 3.63) is 65.2 Å². The molecule has 0 aliphatic rings. The number of amides is 2. The summed E-state index contributed by atoms with van der Waals surface area (Å²) in [7, 11) is 1.60. The van der Waals surface area contributed by atoms with E-state index in [1.165, 1.54) is 6.08 Å². The van der Waals surface area contributed by atoms with Gasteiger partial charge < -0.3 is 15.4 Å². The molecule has 0 aromatic heterocycles. The Kier molecular flexibility index (Phi) is 7.04. The number of ether oxygens (including phenoxy) is 1. The fourth-order valence-electron chi connectivity index (χ4n) is 2.03. The Morgan fingerprint density at radius 3 is 2.60 bits per heavy atom. The van der Waals surface area contributed by atoms with Crippen LogP contribution in [0, 0.1) is 0 Å². The predicted molar refractivity (Wildman–Crippen MR) is 99.7 cm³/mol. The number of rotatable bonds is 7. The lowest BCUT2D eigenvalue weighted by molar-refractivity contribution is -0.117. The summed E-state index contributed by atoms with van der Waals surface area (Å²) in [5, 5.41) is 5.94. The number of anilines is 1. The maximum atomic E-state index is 11.8. The molecule has 2 aromatic carbocycles. The van der Waals surface area contributed by atoms with Crippen molar-refractivity contribution in [2.45, 2.75) is 6.42 Å². The van der Waals surface area contributed by atoms with Crippen LogP contribution in [0.4, 0.5) is 5.69 Å². The van der Waals surface area contributed by atoms with Crippen molar-refractivity contribution in [1.29, 1.82) is 0 Å². The average Bonchev–Trinajstić information content (AvgIpc) is 2.60. The molecule has 0 spiro atoms. The van der Waals surface area contributed by atoms with Crippen molar-refractivity contribution < 1.29 is 14.3 Å². The summed E-state index contributed by atoms with van der Waals surface area (Å²) in [6.07, 6.45) is 3.30. The van der Waals surface area contributed by atoms with Gasteiger partial charge in [-0.15, -0.1) is 0 Å². The molecular weight excluding hydrogens is 340 g/mol. The van der Waals surface area contributed by atoms with Gasteiger partial charge in [-0.1, -0.05) is 29.8 Å². The number of halogens is 1. The Hall–Kier alpha value is -2.79. The molecule has 2 rings (SSSR count). The molecule has 0 aliphatic heterocycles. The van der Waals surface area contributed by atoms with E-state index in [1.807, 2.05) is 24.3 Å². The van der Waals surface area contributed by atoms with Crippen LogP contribution in [0.5, 0.6) is 5.75 Å². The fraction of sp³-hybridized carbons (Fsp3) is 0.158. The van der Waals surface area contributed by atoms with Crippen LogP contribution in [0.25, 0.3) is 6.08 Å². The second kappa shape index (κ2) is 9.49. The van der Waals surface area contributed by atoms with E-state index >= 15 is 0 Å². The maximum absolute atomic E-state index is 11.8. The number of carbonyl (C=O) groups is 2. The van der Waals surface area contributed by atoms with Gasteiger partial charge >= 0.3 is 0 Å². The second-order valence-electron chi connectivity index (χ2n) is 5.21.